The van der Waals surface area contributed by atoms with Crippen molar-refractivity contribution < 1.29 is 9.13 Å². The molecule has 2 unspecified atom stereocenters. The van der Waals surface area contributed by atoms with E-state index in [1.54, 1.807) is 6.07 Å². The lowest BCUT2D eigenvalue weighted by Gasteiger charge is -2.32. The first kappa shape index (κ1) is 10.4. The van der Waals surface area contributed by atoms with E-state index in [9.17, 15) is 4.39 Å². The van der Waals surface area contributed by atoms with Gasteiger partial charge in [0.25, 0.3) is 0 Å². The summed E-state index contributed by atoms with van der Waals surface area (Å²) in [7, 11) is 0. The van der Waals surface area contributed by atoms with Crippen molar-refractivity contribution in [3.8, 4) is 5.75 Å². The van der Waals surface area contributed by atoms with Crippen LogP contribution in [0, 0.1) is 11.7 Å². The highest BCUT2D eigenvalue weighted by Crippen LogP contribution is 2.35. The Labute approximate surface area is 89.2 Å². The van der Waals surface area contributed by atoms with Crippen molar-refractivity contribution in [2.24, 2.45) is 11.7 Å². The highest BCUT2D eigenvalue weighted by Gasteiger charge is 2.27. The summed E-state index contributed by atoms with van der Waals surface area (Å²) in [5.74, 6) is 0.902. The molecule has 0 aliphatic carbocycles. The smallest absolute Gasteiger partial charge is 0.124 e. The molecule has 82 valence electrons. The fraction of sp³-hybridized carbons (Fsp3) is 0.500. The van der Waals surface area contributed by atoms with E-state index >= 15 is 0 Å². The second-order valence-corrected chi connectivity index (χ2v) is 4.42. The van der Waals surface area contributed by atoms with Crippen LogP contribution in [0.5, 0.6) is 5.75 Å². The molecule has 1 aromatic carbocycles. The number of nitrogens with two attached hydrogens (primary N) is 1. The molecule has 0 saturated heterocycles. The molecule has 0 aromatic heterocycles. The normalized spacial score (nSPS) is 24.9. The Morgan fingerprint density at radius 2 is 2.20 bits per heavy atom. The van der Waals surface area contributed by atoms with Gasteiger partial charge in [-0.3, -0.25) is 0 Å². The van der Waals surface area contributed by atoms with E-state index in [0.29, 0.717) is 5.92 Å². The van der Waals surface area contributed by atoms with Crippen molar-refractivity contribution in [2.45, 2.75) is 32.4 Å². The zero-order valence-corrected chi connectivity index (χ0v) is 9.03. The molecule has 1 heterocycles. The summed E-state index contributed by atoms with van der Waals surface area (Å²) in [5, 5.41) is 0. The van der Waals surface area contributed by atoms with E-state index in [0.717, 1.165) is 17.7 Å². The van der Waals surface area contributed by atoms with Crippen LogP contribution in [0.4, 0.5) is 4.39 Å². The lowest BCUT2D eigenvalue weighted by atomic mass is 9.92. The van der Waals surface area contributed by atoms with Crippen LogP contribution in [-0.4, -0.2) is 6.10 Å². The summed E-state index contributed by atoms with van der Waals surface area (Å²) in [6.07, 6.45) is 0.895. The number of hydrogen-bond acceptors (Lipinski definition) is 2. The Bertz CT molecular complexity index is 365. The lowest BCUT2D eigenvalue weighted by Crippen LogP contribution is -2.33. The van der Waals surface area contributed by atoms with E-state index in [1.807, 2.05) is 0 Å². The van der Waals surface area contributed by atoms with Gasteiger partial charge in [-0.15, -0.1) is 0 Å². The Balaban J connectivity index is 2.32. The summed E-state index contributed by atoms with van der Waals surface area (Å²) < 4.78 is 18.8. The monoisotopic (exact) mass is 209 g/mol. The molecule has 0 saturated carbocycles. The van der Waals surface area contributed by atoms with Gasteiger partial charge in [-0.25, -0.2) is 4.39 Å². The van der Waals surface area contributed by atoms with Crippen molar-refractivity contribution in [3.05, 3.63) is 29.6 Å². The van der Waals surface area contributed by atoms with Crippen molar-refractivity contribution >= 4 is 0 Å². The molecule has 0 spiro atoms. The molecule has 1 aromatic rings. The van der Waals surface area contributed by atoms with Gasteiger partial charge >= 0.3 is 0 Å². The van der Waals surface area contributed by atoms with Gasteiger partial charge in [0.1, 0.15) is 17.7 Å². The second-order valence-electron chi connectivity index (χ2n) is 4.42. The predicted molar refractivity (Wildman–Crippen MR) is 57.2 cm³/mol. The summed E-state index contributed by atoms with van der Waals surface area (Å²) in [4.78, 5) is 0. The molecule has 2 N–H and O–H groups in total. The first-order valence-electron chi connectivity index (χ1n) is 5.29. The van der Waals surface area contributed by atoms with Crippen molar-refractivity contribution in [3.63, 3.8) is 0 Å². The third kappa shape index (κ3) is 1.97. The molecule has 1 aliphatic heterocycles. The van der Waals surface area contributed by atoms with Gasteiger partial charge in [-0.1, -0.05) is 13.8 Å². The molecule has 2 rings (SSSR count). The van der Waals surface area contributed by atoms with Crippen LogP contribution >= 0.6 is 0 Å². The SMILES string of the molecule is CC(C)C1CC(N)c2cc(F)ccc2O1. The Hall–Kier alpha value is -1.09. The first-order valence-corrected chi connectivity index (χ1v) is 5.29. The molecule has 0 radical (unpaired) electrons. The number of ether oxygens (including phenoxy) is 1. The number of halogens is 1. The molecular formula is C12H16FNO. The zero-order chi connectivity index (χ0) is 11.0. The van der Waals surface area contributed by atoms with E-state index in [2.05, 4.69) is 13.8 Å². The van der Waals surface area contributed by atoms with Crippen LogP contribution in [0.25, 0.3) is 0 Å². The second kappa shape index (κ2) is 3.81. The molecular weight excluding hydrogens is 193 g/mol. The maximum Gasteiger partial charge on any atom is 0.124 e. The van der Waals surface area contributed by atoms with Gasteiger partial charge in [0.15, 0.2) is 0 Å². The summed E-state index contributed by atoms with van der Waals surface area (Å²) in [6.45, 7) is 4.21. The molecule has 2 atom stereocenters. The number of benzene rings is 1. The average Bonchev–Trinajstić information content (AvgIpc) is 2.18. The van der Waals surface area contributed by atoms with Gasteiger partial charge in [0, 0.05) is 18.0 Å². The predicted octanol–water partition coefficient (Wildman–Crippen LogP) is 2.63. The first-order chi connectivity index (χ1) is 7.08. The van der Waals surface area contributed by atoms with Gasteiger partial charge < -0.3 is 10.5 Å². The van der Waals surface area contributed by atoms with E-state index in [-0.39, 0.29) is 18.0 Å². The highest BCUT2D eigenvalue weighted by molar-refractivity contribution is 5.38. The van der Waals surface area contributed by atoms with Crippen LogP contribution in [0.1, 0.15) is 31.9 Å². The summed E-state index contributed by atoms with van der Waals surface area (Å²) in [6, 6.07) is 4.43. The van der Waals surface area contributed by atoms with Gasteiger partial charge in [0.05, 0.1) is 0 Å². The minimum absolute atomic E-state index is 0.114. The van der Waals surface area contributed by atoms with Gasteiger partial charge in [-0.05, 0) is 24.1 Å². The number of hydrogen-bond donors (Lipinski definition) is 1. The van der Waals surface area contributed by atoms with Crippen LogP contribution in [0.3, 0.4) is 0 Å². The summed E-state index contributed by atoms with van der Waals surface area (Å²) in [5.41, 5.74) is 6.78. The van der Waals surface area contributed by atoms with Crippen molar-refractivity contribution in [1.29, 1.82) is 0 Å². The lowest BCUT2D eigenvalue weighted by molar-refractivity contribution is 0.114. The van der Waals surface area contributed by atoms with E-state index < -0.39 is 0 Å². The molecule has 0 fully saturated rings. The molecule has 2 nitrogen and oxygen atoms in total. The molecule has 15 heavy (non-hydrogen) atoms. The largest absolute Gasteiger partial charge is 0.490 e. The van der Waals surface area contributed by atoms with E-state index in [4.69, 9.17) is 10.5 Å². The van der Waals surface area contributed by atoms with Crippen LogP contribution < -0.4 is 10.5 Å². The Morgan fingerprint density at radius 3 is 2.87 bits per heavy atom. The Morgan fingerprint density at radius 1 is 1.47 bits per heavy atom. The Kier molecular flexibility index (Phi) is 2.65. The minimum Gasteiger partial charge on any atom is -0.490 e. The fourth-order valence-corrected chi connectivity index (χ4v) is 1.91. The maximum atomic E-state index is 13.0. The number of fused-ring (bicyclic) bond motifs is 1. The van der Waals surface area contributed by atoms with Gasteiger partial charge in [0.2, 0.25) is 0 Å². The third-order valence-corrected chi connectivity index (χ3v) is 2.88. The maximum absolute atomic E-state index is 13.0. The number of rotatable bonds is 1. The van der Waals surface area contributed by atoms with Gasteiger partial charge in [-0.2, -0.15) is 0 Å². The zero-order valence-electron chi connectivity index (χ0n) is 9.03. The fourth-order valence-electron chi connectivity index (χ4n) is 1.91. The van der Waals surface area contributed by atoms with Crippen molar-refractivity contribution in [2.75, 3.05) is 0 Å². The standard InChI is InChI=1S/C12H16FNO/c1-7(2)12-6-10(14)9-5-8(13)3-4-11(9)15-12/h3-5,7,10,12H,6,14H2,1-2H3. The van der Waals surface area contributed by atoms with E-state index in [1.165, 1.54) is 12.1 Å². The topological polar surface area (TPSA) is 35.2 Å². The summed E-state index contributed by atoms with van der Waals surface area (Å²) >= 11 is 0. The molecule has 0 bridgehead atoms. The van der Waals surface area contributed by atoms with Crippen LogP contribution in [0.15, 0.2) is 18.2 Å². The highest BCUT2D eigenvalue weighted by atomic mass is 19.1. The quantitative estimate of drug-likeness (QED) is 0.771. The molecule has 0 amide bonds. The molecule has 1 aliphatic rings. The third-order valence-electron chi connectivity index (χ3n) is 2.88. The molecule has 3 heteroatoms. The van der Waals surface area contributed by atoms with Crippen molar-refractivity contribution in [1.82, 2.24) is 0 Å². The minimum atomic E-state index is -0.254. The average molecular weight is 209 g/mol. The van der Waals surface area contributed by atoms with Crippen LogP contribution in [-0.2, 0) is 0 Å². The van der Waals surface area contributed by atoms with Crippen LogP contribution in [0.2, 0.25) is 0 Å².